The molecule has 0 aromatic heterocycles. The van der Waals surface area contributed by atoms with Gasteiger partial charge in [-0.3, -0.25) is 4.79 Å². The fourth-order valence-electron chi connectivity index (χ4n) is 0.759. The van der Waals surface area contributed by atoms with E-state index in [9.17, 15) is 4.79 Å². The van der Waals surface area contributed by atoms with Crippen molar-refractivity contribution < 1.29 is 4.79 Å². The average Bonchev–Trinajstić information content (AvgIpc) is 1.99. The van der Waals surface area contributed by atoms with Gasteiger partial charge in [-0.05, 0) is 10.8 Å². The van der Waals surface area contributed by atoms with Crippen LogP contribution in [0.2, 0.25) is 0 Å². The van der Waals surface area contributed by atoms with E-state index in [4.69, 9.17) is 11.6 Å². The van der Waals surface area contributed by atoms with Gasteiger partial charge in [0.25, 0.3) is 0 Å². The SMILES string of the molecule is CC(C)(C)C(C)(C)CNC(=O)CCCl. The Morgan fingerprint density at radius 1 is 1.21 bits per heavy atom. The third kappa shape index (κ3) is 4.32. The van der Waals surface area contributed by atoms with Crippen molar-refractivity contribution in [1.82, 2.24) is 5.32 Å². The Labute approximate surface area is 92.4 Å². The lowest BCUT2D eigenvalue weighted by Gasteiger charge is -2.38. The van der Waals surface area contributed by atoms with Crippen LogP contribution in [0.3, 0.4) is 0 Å². The van der Waals surface area contributed by atoms with Crippen LogP contribution >= 0.6 is 11.6 Å². The predicted octanol–water partition coefficient (Wildman–Crippen LogP) is 2.80. The van der Waals surface area contributed by atoms with Gasteiger partial charge in [-0.2, -0.15) is 0 Å². The maximum absolute atomic E-state index is 11.2. The largest absolute Gasteiger partial charge is 0.356 e. The molecule has 0 rings (SSSR count). The molecule has 2 nitrogen and oxygen atoms in total. The summed E-state index contributed by atoms with van der Waals surface area (Å²) in [5.74, 6) is 0.430. The van der Waals surface area contributed by atoms with E-state index in [0.29, 0.717) is 18.8 Å². The third-order valence-electron chi connectivity index (χ3n) is 3.08. The zero-order chi connectivity index (χ0) is 11.4. The first kappa shape index (κ1) is 13.8. The van der Waals surface area contributed by atoms with E-state index in [1.54, 1.807) is 0 Å². The second-order valence-corrected chi connectivity index (χ2v) is 5.73. The number of halogens is 1. The number of hydrogen-bond donors (Lipinski definition) is 1. The van der Waals surface area contributed by atoms with Crippen LogP contribution in [0.1, 0.15) is 41.0 Å². The Morgan fingerprint density at radius 3 is 2.07 bits per heavy atom. The predicted molar refractivity (Wildman–Crippen MR) is 61.6 cm³/mol. The van der Waals surface area contributed by atoms with Crippen molar-refractivity contribution in [3.63, 3.8) is 0 Å². The summed E-state index contributed by atoms with van der Waals surface area (Å²) in [5.41, 5.74) is 0.274. The van der Waals surface area contributed by atoms with E-state index in [1.165, 1.54) is 0 Å². The van der Waals surface area contributed by atoms with Gasteiger partial charge in [-0.25, -0.2) is 0 Å². The second kappa shape index (κ2) is 5.01. The Morgan fingerprint density at radius 2 is 1.71 bits per heavy atom. The van der Waals surface area contributed by atoms with Gasteiger partial charge < -0.3 is 5.32 Å². The minimum absolute atomic E-state index is 0.0392. The highest BCUT2D eigenvalue weighted by atomic mass is 35.5. The van der Waals surface area contributed by atoms with Crippen molar-refractivity contribution in [3.8, 4) is 0 Å². The molecule has 0 bridgehead atoms. The molecule has 0 saturated heterocycles. The van der Waals surface area contributed by atoms with Crippen LogP contribution in [0, 0.1) is 10.8 Å². The van der Waals surface area contributed by atoms with Crippen molar-refractivity contribution in [2.24, 2.45) is 10.8 Å². The highest BCUT2D eigenvalue weighted by Gasteiger charge is 2.32. The molecule has 0 spiro atoms. The molecular weight excluding hydrogens is 198 g/mol. The lowest BCUT2D eigenvalue weighted by Crippen LogP contribution is -2.41. The second-order valence-electron chi connectivity index (χ2n) is 5.35. The van der Waals surface area contributed by atoms with Crippen molar-refractivity contribution >= 4 is 17.5 Å². The molecule has 0 unspecified atom stereocenters. The monoisotopic (exact) mass is 219 g/mol. The number of alkyl halides is 1. The van der Waals surface area contributed by atoms with Crippen LogP contribution in [0.4, 0.5) is 0 Å². The number of carbonyl (C=O) groups excluding carboxylic acids is 1. The molecule has 0 heterocycles. The molecule has 0 atom stereocenters. The minimum atomic E-state index is 0.0392. The molecule has 0 aromatic carbocycles. The lowest BCUT2D eigenvalue weighted by molar-refractivity contribution is -0.121. The summed E-state index contributed by atoms with van der Waals surface area (Å²) >= 11 is 5.48. The van der Waals surface area contributed by atoms with Gasteiger partial charge >= 0.3 is 0 Å². The first-order valence-corrected chi connectivity index (χ1v) is 5.57. The lowest BCUT2D eigenvalue weighted by atomic mass is 9.69. The molecule has 0 radical (unpaired) electrons. The minimum Gasteiger partial charge on any atom is -0.356 e. The Hall–Kier alpha value is -0.240. The summed E-state index contributed by atoms with van der Waals surface area (Å²) in [6, 6.07) is 0. The maximum Gasteiger partial charge on any atom is 0.221 e. The summed E-state index contributed by atoms with van der Waals surface area (Å²) in [6.07, 6.45) is 0.405. The summed E-state index contributed by atoms with van der Waals surface area (Å²) in [6.45, 7) is 11.6. The smallest absolute Gasteiger partial charge is 0.221 e. The molecule has 0 aliphatic carbocycles. The van der Waals surface area contributed by atoms with Crippen LogP contribution in [0.25, 0.3) is 0 Å². The topological polar surface area (TPSA) is 29.1 Å². The number of nitrogens with one attached hydrogen (secondary N) is 1. The van der Waals surface area contributed by atoms with Crippen LogP contribution in [-0.2, 0) is 4.79 Å². The fraction of sp³-hybridized carbons (Fsp3) is 0.909. The quantitative estimate of drug-likeness (QED) is 0.724. The summed E-state index contributed by atoms with van der Waals surface area (Å²) < 4.78 is 0. The first-order chi connectivity index (χ1) is 6.20. The zero-order valence-electron chi connectivity index (χ0n) is 9.91. The van der Waals surface area contributed by atoms with Crippen molar-refractivity contribution in [2.75, 3.05) is 12.4 Å². The fourth-order valence-corrected chi connectivity index (χ4v) is 0.931. The molecule has 3 heteroatoms. The summed E-state index contributed by atoms with van der Waals surface area (Å²) in [7, 11) is 0. The number of hydrogen-bond acceptors (Lipinski definition) is 1. The van der Waals surface area contributed by atoms with E-state index in [-0.39, 0.29) is 16.7 Å². The Bertz CT molecular complexity index is 194. The third-order valence-corrected chi connectivity index (χ3v) is 3.27. The van der Waals surface area contributed by atoms with Crippen molar-refractivity contribution in [3.05, 3.63) is 0 Å². The molecule has 0 aromatic rings. The van der Waals surface area contributed by atoms with Crippen molar-refractivity contribution in [2.45, 2.75) is 41.0 Å². The number of amides is 1. The normalized spacial score (nSPS) is 12.7. The van der Waals surface area contributed by atoms with E-state index in [1.807, 2.05) is 0 Å². The molecule has 0 saturated carbocycles. The molecule has 0 aliphatic rings. The van der Waals surface area contributed by atoms with Gasteiger partial charge in [0, 0.05) is 18.8 Å². The van der Waals surface area contributed by atoms with Crippen LogP contribution in [0.15, 0.2) is 0 Å². The first-order valence-electron chi connectivity index (χ1n) is 5.03. The molecular formula is C11H22ClNO. The van der Waals surface area contributed by atoms with Gasteiger partial charge in [0.05, 0.1) is 0 Å². The van der Waals surface area contributed by atoms with Gasteiger partial charge in [-0.1, -0.05) is 34.6 Å². The van der Waals surface area contributed by atoms with Crippen LogP contribution in [-0.4, -0.2) is 18.3 Å². The molecule has 84 valence electrons. The summed E-state index contributed by atoms with van der Waals surface area (Å²) in [4.78, 5) is 11.2. The number of rotatable bonds is 4. The number of carbonyl (C=O) groups is 1. The highest BCUT2D eigenvalue weighted by molar-refractivity contribution is 6.18. The van der Waals surface area contributed by atoms with E-state index < -0.39 is 0 Å². The van der Waals surface area contributed by atoms with Crippen LogP contribution < -0.4 is 5.32 Å². The standard InChI is InChI=1S/C11H22ClNO/c1-10(2,3)11(4,5)8-13-9(14)6-7-12/h6-8H2,1-5H3,(H,13,14). The summed E-state index contributed by atoms with van der Waals surface area (Å²) in [5, 5.41) is 2.91. The van der Waals surface area contributed by atoms with Gasteiger partial charge in [-0.15, -0.1) is 11.6 Å². The molecule has 1 N–H and O–H groups in total. The highest BCUT2D eigenvalue weighted by Crippen LogP contribution is 2.36. The average molecular weight is 220 g/mol. The van der Waals surface area contributed by atoms with E-state index >= 15 is 0 Å². The molecule has 0 fully saturated rings. The Balaban J connectivity index is 4.06. The Kier molecular flexibility index (Phi) is 4.93. The van der Waals surface area contributed by atoms with Crippen LogP contribution in [0.5, 0.6) is 0 Å². The molecule has 0 aliphatic heterocycles. The van der Waals surface area contributed by atoms with Gasteiger partial charge in [0.2, 0.25) is 5.91 Å². The molecule has 1 amide bonds. The van der Waals surface area contributed by atoms with E-state index in [0.717, 1.165) is 0 Å². The van der Waals surface area contributed by atoms with Crippen molar-refractivity contribution in [1.29, 1.82) is 0 Å². The molecule has 14 heavy (non-hydrogen) atoms. The zero-order valence-corrected chi connectivity index (χ0v) is 10.7. The van der Waals surface area contributed by atoms with E-state index in [2.05, 4.69) is 39.9 Å². The maximum atomic E-state index is 11.2. The van der Waals surface area contributed by atoms with Gasteiger partial charge in [0.15, 0.2) is 0 Å². The van der Waals surface area contributed by atoms with Gasteiger partial charge in [0.1, 0.15) is 0 Å².